The molecular weight excluding hydrogens is 256 g/mol. The highest BCUT2D eigenvalue weighted by Gasteiger charge is 2.16. The summed E-state index contributed by atoms with van der Waals surface area (Å²) in [4.78, 5) is 22.5. The van der Waals surface area contributed by atoms with Gasteiger partial charge in [-0.15, -0.1) is 0 Å². The SMILES string of the molecule is CC(C)(CO)CNC(=O)/C=C/c1ccc(C(N)=O)cc1. The molecule has 5 nitrogen and oxygen atoms in total. The normalized spacial score (nSPS) is 11.6. The second-order valence-corrected chi connectivity index (χ2v) is 5.36. The summed E-state index contributed by atoms with van der Waals surface area (Å²) in [5.41, 5.74) is 6.02. The molecule has 0 heterocycles. The van der Waals surface area contributed by atoms with Crippen LogP contribution in [0.3, 0.4) is 0 Å². The molecule has 0 radical (unpaired) electrons. The molecule has 0 aromatic heterocycles. The number of carbonyl (C=O) groups excluding carboxylic acids is 2. The molecule has 0 saturated heterocycles. The topological polar surface area (TPSA) is 92.4 Å². The Kier molecular flexibility index (Phi) is 5.46. The van der Waals surface area contributed by atoms with Crippen molar-refractivity contribution in [3.8, 4) is 0 Å². The molecule has 0 aliphatic carbocycles. The zero-order valence-electron chi connectivity index (χ0n) is 11.7. The largest absolute Gasteiger partial charge is 0.396 e. The maximum absolute atomic E-state index is 11.6. The summed E-state index contributed by atoms with van der Waals surface area (Å²) < 4.78 is 0. The number of carbonyl (C=O) groups is 2. The summed E-state index contributed by atoms with van der Waals surface area (Å²) >= 11 is 0. The standard InChI is InChI=1S/C15H20N2O3/c1-15(2,10-18)9-17-13(19)8-5-11-3-6-12(7-4-11)14(16)20/h3-8,18H,9-10H2,1-2H3,(H2,16,20)(H,17,19)/b8-5+. The molecule has 0 saturated carbocycles. The van der Waals surface area contributed by atoms with Gasteiger partial charge in [0, 0.05) is 30.2 Å². The zero-order valence-corrected chi connectivity index (χ0v) is 11.7. The van der Waals surface area contributed by atoms with Crippen molar-refractivity contribution >= 4 is 17.9 Å². The molecule has 20 heavy (non-hydrogen) atoms. The fourth-order valence-corrected chi connectivity index (χ4v) is 1.37. The van der Waals surface area contributed by atoms with E-state index in [1.807, 2.05) is 13.8 Å². The van der Waals surface area contributed by atoms with Crippen molar-refractivity contribution in [3.63, 3.8) is 0 Å². The minimum absolute atomic E-state index is 0.00553. The molecule has 0 spiro atoms. The number of aliphatic hydroxyl groups is 1. The van der Waals surface area contributed by atoms with E-state index in [1.54, 1.807) is 30.3 Å². The highest BCUT2D eigenvalue weighted by molar-refractivity contribution is 5.94. The predicted molar refractivity (Wildman–Crippen MR) is 77.9 cm³/mol. The quantitative estimate of drug-likeness (QED) is 0.675. The van der Waals surface area contributed by atoms with Crippen LogP contribution >= 0.6 is 0 Å². The molecule has 0 aliphatic heterocycles. The van der Waals surface area contributed by atoms with Crippen LogP contribution in [0.2, 0.25) is 0 Å². The Morgan fingerprint density at radius 3 is 2.40 bits per heavy atom. The Morgan fingerprint density at radius 1 is 1.30 bits per heavy atom. The number of hydrogen-bond donors (Lipinski definition) is 3. The summed E-state index contributed by atoms with van der Waals surface area (Å²) in [5.74, 6) is -0.713. The van der Waals surface area contributed by atoms with Crippen molar-refractivity contribution in [2.45, 2.75) is 13.8 Å². The van der Waals surface area contributed by atoms with Crippen LogP contribution in [0.4, 0.5) is 0 Å². The van der Waals surface area contributed by atoms with Crippen LogP contribution in [-0.2, 0) is 4.79 Å². The van der Waals surface area contributed by atoms with E-state index in [-0.39, 0.29) is 17.9 Å². The van der Waals surface area contributed by atoms with E-state index >= 15 is 0 Å². The van der Waals surface area contributed by atoms with E-state index in [4.69, 9.17) is 10.8 Å². The molecule has 0 aliphatic rings. The average molecular weight is 276 g/mol. The first-order chi connectivity index (χ1) is 9.34. The lowest BCUT2D eigenvalue weighted by molar-refractivity contribution is -0.117. The third-order valence-electron chi connectivity index (χ3n) is 2.79. The minimum atomic E-state index is -0.482. The number of aliphatic hydroxyl groups excluding tert-OH is 1. The molecule has 108 valence electrons. The number of nitrogens with two attached hydrogens (primary N) is 1. The van der Waals surface area contributed by atoms with Gasteiger partial charge in [-0.05, 0) is 23.8 Å². The first kappa shape index (κ1) is 15.9. The average Bonchev–Trinajstić information content (AvgIpc) is 2.43. The van der Waals surface area contributed by atoms with Crippen molar-refractivity contribution in [2.24, 2.45) is 11.1 Å². The molecule has 0 unspecified atom stereocenters. The molecule has 5 heteroatoms. The third kappa shape index (κ3) is 5.24. The molecular formula is C15H20N2O3. The van der Waals surface area contributed by atoms with Crippen LogP contribution in [0.15, 0.2) is 30.3 Å². The van der Waals surface area contributed by atoms with Gasteiger partial charge in [-0.25, -0.2) is 0 Å². The van der Waals surface area contributed by atoms with Gasteiger partial charge in [0.1, 0.15) is 0 Å². The van der Waals surface area contributed by atoms with E-state index < -0.39 is 5.91 Å². The summed E-state index contributed by atoms with van der Waals surface area (Å²) in [5, 5.41) is 11.8. The van der Waals surface area contributed by atoms with Gasteiger partial charge in [0.15, 0.2) is 0 Å². The van der Waals surface area contributed by atoms with Gasteiger partial charge in [-0.1, -0.05) is 26.0 Å². The Labute approximate surface area is 118 Å². The van der Waals surface area contributed by atoms with Crippen LogP contribution in [0.5, 0.6) is 0 Å². The van der Waals surface area contributed by atoms with Crippen LogP contribution in [0, 0.1) is 5.41 Å². The summed E-state index contributed by atoms with van der Waals surface area (Å²) in [6.45, 7) is 4.12. The predicted octanol–water partition coefficient (Wildman–Crippen LogP) is 0.933. The monoisotopic (exact) mass is 276 g/mol. The van der Waals surface area contributed by atoms with Gasteiger partial charge in [0.05, 0.1) is 0 Å². The van der Waals surface area contributed by atoms with Crippen LogP contribution in [0.25, 0.3) is 6.08 Å². The Morgan fingerprint density at radius 2 is 1.90 bits per heavy atom. The van der Waals surface area contributed by atoms with Crippen molar-refractivity contribution in [1.29, 1.82) is 0 Å². The van der Waals surface area contributed by atoms with Crippen molar-refractivity contribution in [1.82, 2.24) is 5.32 Å². The van der Waals surface area contributed by atoms with Gasteiger partial charge in [-0.2, -0.15) is 0 Å². The first-order valence-electron chi connectivity index (χ1n) is 6.31. The number of benzene rings is 1. The van der Waals surface area contributed by atoms with Gasteiger partial charge in [0.25, 0.3) is 0 Å². The maximum atomic E-state index is 11.6. The van der Waals surface area contributed by atoms with Gasteiger partial charge >= 0.3 is 0 Å². The number of primary amides is 1. The molecule has 4 N–H and O–H groups in total. The second-order valence-electron chi connectivity index (χ2n) is 5.36. The molecule has 0 atom stereocenters. The summed E-state index contributed by atoms with van der Waals surface area (Å²) in [6, 6.07) is 6.63. The van der Waals surface area contributed by atoms with Crippen LogP contribution < -0.4 is 11.1 Å². The lowest BCUT2D eigenvalue weighted by Gasteiger charge is -2.21. The van der Waals surface area contributed by atoms with Crippen LogP contribution in [-0.4, -0.2) is 30.1 Å². The van der Waals surface area contributed by atoms with Gasteiger partial charge < -0.3 is 16.2 Å². The molecule has 2 amide bonds. The summed E-state index contributed by atoms with van der Waals surface area (Å²) in [7, 11) is 0. The lowest BCUT2D eigenvalue weighted by atomic mass is 9.95. The lowest BCUT2D eigenvalue weighted by Crippen LogP contribution is -2.35. The van der Waals surface area contributed by atoms with Crippen LogP contribution in [0.1, 0.15) is 29.8 Å². The first-order valence-corrected chi connectivity index (χ1v) is 6.31. The van der Waals surface area contributed by atoms with E-state index in [2.05, 4.69) is 5.32 Å². The maximum Gasteiger partial charge on any atom is 0.248 e. The summed E-state index contributed by atoms with van der Waals surface area (Å²) in [6.07, 6.45) is 3.05. The molecule has 1 rings (SSSR count). The Hall–Kier alpha value is -2.14. The molecule has 0 bridgehead atoms. The third-order valence-corrected chi connectivity index (χ3v) is 2.79. The highest BCUT2D eigenvalue weighted by atomic mass is 16.3. The zero-order chi connectivity index (χ0) is 15.2. The van der Waals surface area contributed by atoms with Crippen molar-refractivity contribution in [3.05, 3.63) is 41.5 Å². The molecule has 0 fully saturated rings. The Bertz CT molecular complexity index is 504. The van der Waals surface area contributed by atoms with E-state index in [0.717, 1.165) is 5.56 Å². The van der Waals surface area contributed by atoms with E-state index in [1.165, 1.54) is 6.08 Å². The fourth-order valence-electron chi connectivity index (χ4n) is 1.37. The number of rotatable bonds is 6. The highest BCUT2D eigenvalue weighted by Crippen LogP contribution is 2.11. The smallest absolute Gasteiger partial charge is 0.248 e. The van der Waals surface area contributed by atoms with Gasteiger partial charge in [0.2, 0.25) is 11.8 Å². The second kappa shape index (κ2) is 6.86. The van der Waals surface area contributed by atoms with Gasteiger partial charge in [-0.3, -0.25) is 9.59 Å². The number of nitrogens with one attached hydrogen (secondary N) is 1. The van der Waals surface area contributed by atoms with E-state index in [0.29, 0.717) is 12.1 Å². The van der Waals surface area contributed by atoms with E-state index in [9.17, 15) is 9.59 Å². The Balaban J connectivity index is 2.55. The fraction of sp³-hybridized carbons (Fsp3) is 0.333. The van der Waals surface area contributed by atoms with Crippen molar-refractivity contribution in [2.75, 3.05) is 13.2 Å². The minimum Gasteiger partial charge on any atom is -0.396 e. The molecule has 1 aromatic carbocycles. The van der Waals surface area contributed by atoms with Crippen molar-refractivity contribution < 1.29 is 14.7 Å². The molecule has 1 aromatic rings. The number of amides is 2. The number of hydrogen-bond acceptors (Lipinski definition) is 3.